The number of hydrogen-bond donors (Lipinski definition) is 0. The van der Waals surface area contributed by atoms with Crippen molar-refractivity contribution in [2.75, 3.05) is 25.5 Å². The summed E-state index contributed by atoms with van der Waals surface area (Å²) in [6.07, 6.45) is 6.11. The molecule has 0 bridgehead atoms. The molecule has 0 saturated carbocycles. The van der Waals surface area contributed by atoms with E-state index in [0.717, 1.165) is 37.9 Å². The summed E-state index contributed by atoms with van der Waals surface area (Å²) in [4.78, 5) is 14.9. The van der Waals surface area contributed by atoms with Gasteiger partial charge in [0, 0.05) is 25.5 Å². The summed E-state index contributed by atoms with van der Waals surface area (Å²) in [5, 5.41) is 0. The number of carbonyl (C=O) groups is 1. The predicted octanol–water partition coefficient (Wildman–Crippen LogP) is 3.75. The first-order valence-electron chi connectivity index (χ1n) is 10.5. The van der Waals surface area contributed by atoms with Gasteiger partial charge in [0.2, 0.25) is 5.91 Å². The Kier molecular flexibility index (Phi) is 6.32. The third kappa shape index (κ3) is 4.64. The largest absolute Gasteiger partial charge is 0.490 e. The second kappa shape index (κ2) is 9.12. The molecule has 162 valence electrons. The molecule has 0 radical (unpaired) electrons. The third-order valence-corrected chi connectivity index (χ3v) is 7.32. The molecule has 1 fully saturated rings. The number of nitrogens with zero attached hydrogens (tertiary/aromatic N) is 1. The Morgan fingerprint density at radius 3 is 2.67 bits per heavy atom. The van der Waals surface area contributed by atoms with Crippen LogP contribution in [0.5, 0.6) is 11.5 Å². The van der Waals surface area contributed by atoms with Crippen LogP contribution in [0.3, 0.4) is 0 Å². The van der Waals surface area contributed by atoms with Gasteiger partial charge < -0.3 is 18.8 Å². The van der Waals surface area contributed by atoms with E-state index in [1.54, 1.807) is 17.2 Å². The number of amides is 1. The lowest BCUT2D eigenvalue weighted by atomic mass is 10.1. The van der Waals surface area contributed by atoms with Gasteiger partial charge in [-0.25, -0.2) is 8.42 Å². The minimum Gasteiger partial charge on any atom is -0.490 e. The predicted molar refractivity (Wildman–Crippen MR) is 110 cm³/mol. The molecule has 30 heavy (non-hydrogen) atoms. The van der Waals surface area contributed by atoms with Crippen molar-refractivity contribution in [3.63, 3.8) is 0 Å². The number of likely N-dealkylation sites (tertiary alicyclic amines) is 1. The smallest absolute Gasteiger partial charge is 0.224 e. The maximum atomic E-state index is 13.0. The first-order valence-corrected chi connectivity index (χ1v) is 12.1. The molecule has 0 spiro atoms. The van der Waals surface area contributed by atoms with Crippen LogP contribution in [0, 0.1) is 0 Å². The van der Waals surface area contributed by atoms with Crippen molar-refractivity contribution in [3.8, 4) is 11.5 Å². The van der Waals surface area contributed by atoms with Crippen molar-refractivity contribution in [1.82, 2.24) is 4.90 Å². The fourth-order valence-corrected chi connectivity index (χ4v) is 5.24. The lowest BCUT2D eigenvalue weighted by Crippen LogP contribution is -2.35. The fraction of sp³-hybridized carbons (Fsp3) is 0.500. The first kappa shape index (κ1) is 20.8. The Morgan fingerprint density at radius 2 is 1.87 bits per heavy atom. The van der Waals surface area contributed by atoms with E-state index in [4.69, 9.17) is 13.9 Å². The molecule has 7 nitrogen and oxygen atoms in total. The van der Waals surface area contributed by atoms with Gasteiger partial charge in [-0.05, 0) is 37.1 Å². The molecule has 2 aliphatic heterocycles. The van der Waals surface area contributed by atoms with Crippen LogP contribution < -0.4 is 9.47 Å². The van der Waals surface area contributed by atoms with Crippen molar-refractivity contribution < 1.29 is 27.1 Å². The molecule has 1 saturated heterocycles. The number of furan rings is 1. The summed E-state index contributed by atoms with van der Waals surface area (Å²) in [7, 11) is -3.63. The molecule has 1 aromatic heterocycles. The summed E-state index contributed by atoms with van der Waals surface area (Å²) in [6.45, 7) is 1.65. The Bertz CT molecular complexity index is 970. The highest BCUT2D eigenvalue weighted by Crippen LogP contribution is 2.33. The molecular weight excluding hydrogens is 406 g/mol. The molecule has 0 N–H and O–H groups in total. The number of hydrogen-bond acceptors (Lipinski definition) is 6. The van der Waals surface area contributed by atoms with E-state index in [2.05, 4.69) is 0 Å². The number of benzene rings is 1. The lowest BCUT2D eigenvalue weighted by molar-refractivity contribution is -0.133. The van der Waals surface area contributed by atoms with Gasteiger partial charge in [-0.1, -0.05) is 12.8 Å². The minimum absolute atomic E-state index is 0.0615. The van der Waals surface area contributed by atoms with Gasteiger partial charge in [-0.15, -0.1) is 0 Å². The fourth-order valence-electron chi connectivity index (χ4n) is 4.00. The summed E-state index contributed by atoms with van der Waals surface area (Å²) >= 11 is 0. The van der Waals surface area contributed by atoms with Crippen LogP contribution >= 0.6 is 0 Å². The number of sulfone groups is 1. The second-order valence-corrected chi connectivity index (χ2v) is 9.80. The highest BCUT2D eigenvalue weighted by Gasteiger charge is 2.29. The zero-order valence-corrected chi connectivity index (χ0v) is 17.7. The van der Waals surface area contributed by atoms with Crippen LogP contribution in [-0.4, -0.2) is 44.7 Å². The molecule has 2 aromatic rings. The summed E-state index contributed by atoms with van der Waals surface area (Å²) in [5.41, 5.74) is 0. The Balaban J connectivity index is 1.46. The SMILES string of the molecule is O=C(CCS(=O)(=O)c1ccc2c(c1)OCCCO2)N1CCCCCC1c1ccco1. The molecule has 1 aromatic carbocycles. The van der Waals surface area contributed by atoms with Crippen LogP contribution in [0.15, 0.2) is 45.9 Å². The third-order valence-electron chi connectivity index (χ3n) is 5.61. The van der Waals surface area contributed by atoms with Crippen molar-refractivity contribution in [2.45, 2.75) is 49.5 Å². The molecule has 2 aliphatic rings. The number of fused-ring (bicyclic) bond motifs is 1. The van der Waals surface area contributed by atoms with E-state index in [1.807, 2.05) is 12.1 Å². The maximum Gasteiger partial charge on any atom is 0.224 e. The Labute approximate surface area is 176 Å². The zero-order chi connectivity index (χ0) is 21.0. The number of ether oxygens (including phenoxy) is 2. The van der Waals surface area contributed by atoms with Gasteiger partial charge >= 0.3 is 0 Å². The quantitative estimate of drug-likeness (QED) is 0.714. The highest BCUT2D eigenvalue weighted by molar-refractivity contribution is 7.91. The van der Waals surface area contributed by atoms with Crippen LogP contribution in [0.25, 0.3) is 0 Å². The molecule has 1 unspecified atom stereocenters. The normalized spacial score (nSPS) is 19.7. The van der Waals surface area contributed by atoms with E-state index >= 15 is 0 Å². The summed E-state index contributed by atoms with van der Waals surface area (Å²) < 4.78 is 42.5. The van der Waals surface area contributed by atoms with Crippen LogP contribution in [-0.2, 0) is 14.6 Å². The van der Waals surface area contributed by atoms with Crippen LogP contribution in [0.4, 0.5) is 0 Å². The van der Waals surface area contributed by atoms with E-state index in [1.165, 1.54) is 12.1 Å². The summed E-state index contributed by atoms with van der Waals surface area (Å²) in [6, 6.07) is 8.21. The number of rotatable bonds is 5. The standard InChI is InChI=1S/C22H27NO6S/c24-22(23-11-3-1-2-6-18(23)19-7-4-12-27-19)10-15-30(25,26)17-8-9-20-21(16-17)29-14-5-13-28-20/h4,7-9,12,16,18H,1-3,5-6,10-11,13-15H2. The molecule has 1 atom stereocenters. The van der Waals surface area contributed by atoms with Crippen LogP contribution in [0.1, 0.15) is 50.3 Å². The lowest BCUT2D eigenvalue weighted by Gasteiger charge is -2.28. The van der Waals surface area contributed by atoms with Crippen molar-refractivity contribution >= 4 is 15.7 Å². The Hall–Kier alpha value is -2.48. The van der Waals surface area contributed by atoms with E-state index < -0.39 is 9.84 Å². The topological polar surface area (TPSA) is 86.0 Å². The van der Waals surface area contributed by atoms with Gasteiger partial charge in [-0.2, -0.15) is 0 Å². The van der Waals surface area contributed by atoms with E-state index in [-0.39, 0.29) is 29.0 Å². The minimum atomic E-state index is -3.63. The molecule has 0 aliphatic carbocycles. The molecule has 8 heteroatoms. The Morgan fingerprint density at radius 1 is 1.03 bits per heavy atom. The molecule has 1 amide bonds. The van der Waals surface area contributed by atoms with Crippen molar-refractivity contribution in [3.05, 3.63) is 42.4 Å². The molecular formula is C22H27NO6S. The van der Waals surface area contributed by atoms with Gasteiger partial charge in [0.1, 0.15) is 5.76 Å². The number of carbonyl (C=O) groups excluding carboxylic acids is 1. The maximum absolute atomic E-state index is 13.0. The first-order chi connectivity index (χ1) is 14.5. The molecule has 4 rings (SSSR count). The summed E-state index contributed by atoms with van der Waals surface area (Å²) in [5.74, 6) is 1.35. The van der Waals surface area contributed by atoms with Gasteiger partial charge in [0.15, 0.2) is 21.3 Å². The monoisotopic (exact) mass is 433 g/mol. The van der Waals surface area contributed by atoms with Gasteiger partial charge in [0.05, 0.1) is 36.2 Å². The van der Waals surface area contributed by atoms with Gasteiger partial charge in [0.25, 0.3) is 0 Å². The van der Waals surface area contributed by atoms with Crippen molar-refractivity contribution in [1.29, 1.82) is 0 Å². The average molecular weight is 434 g/mol. The highest BCUT2D eigenvalue weighted by atomic mass is 32.2. The van der Waals surface area contributed by atoms with E-state index in [0.29, 0.717) is 31.3 Å². The van der Waals surface area contributed by atoms with Crippen LogP contribution in [0.2, 0.25) is 0 Å². The van der Waals surface area contributed by atoms with Crippen molar-refractivity contribution in [2.24, 2.45) is 0 Å². The van der Waals surface area contributed by atoms with E-state index in [9.17, 15) is 13.2 Å². The molecule has 3 heterocycles. The average Bonchev–Trinajstić information content (AvgIpc) is 3.02. The van der Waals surface area contributed by atoms with Gasteiger partial charge in [-0.3, -0.25) is 4.79 Å². The second-order valence-electron chi connectivity index (χ2n) is 7.70. The zero-order valence-electron chi connectivity index (χ0n) is 16.9.